The molecule has 0 heterocycles. The molecule has 2 aromatic carbocycles. The molecule has 0 aromatic heterocycles. The number of halogens is 2. The Kier molecular flexibility index (Phi) is 5.73. The van der Waals surface area contributed by atoms with Crippen molar-refractivity contribution in [1.82, 2.24) is 5.43 Å². The molecule has 0 saturated heterocycles. The summed E-state index contributed by atoms with van der Waals surface area (Å²) in [4.78, 5) is 23.5. The fourth-order valence-electron chi connectivity index (χ4n) is 1.72. The van der Waals surface area contributed by atoms with Crippen LogP contribution in [0.5, 0.6) is 0 Å². The molecule has 2 N–H and O–H groups in total. The van der Waals surface area contributed by atoms with Crippen molar-refractivity contribution >= 4 is 46.9 Å². The summed E-state index contributed by atoms with van der Waals surface area (Å²) in [6.07, 6.45) is 1.47. The van der Waals surface area contributed by atoms with E-state index in [4.69, 9.17) is 23.2 Å². The minimum Gasteiger partial charge on any atom is -0.316 e. The van der Waals surface area contributed by atoms with Crippen LogP contribution >= 0.6 is 23.2 Å². The summed E-state index contributed by atoms with van der Waals surface area (Å²) in [6.45, 7) is 1.91. The minimum absolute atomic E-state index is 0.165. The molecule has 5 nitrogen and oxygen atoms in total. The number of hydrazone groups is 1. The van der Waals surface area contributed by atoms with Gasteiger partial charge in [-0.05, 0) is 30.2 Å². The number of nitrogens with one attached hydrogen (secondary N) is 2. The smallest absolute Gasteiger partial charge is 0.316 e. The number of carbonyl (C=O) groups is 2. The Bertz CT molecular complexity index is 776. The van der Waals surface area contributed by atoms with E-state index in [1.165, 1.54) is 12.3 Å². The van der Waals surface area contributed by atoms with Crippen molar-refractivity contribution in [1.29, 1.82) is 0 Å². The molecule has 0 atom stereocenters. The topological polar surface area (TPSA) is 70.6 Å². The Morgan fingerprint density at radius 2 is 1.78 bits per heavy atom. The van der Waals surface area contributed by atoms with Crippen LogP contribution in [-0.2, 0) is 9.59 Å². The van der Waals surface area contributed by atoms with Gasteiger partial charge in [0.2, 0.25) is 0 Å². The molecule has 0 radical (unpaired) electrons. The lowest BCUT2D eigenvalue weighted by atomic mass is 10.1. The maximum absolute atomic E-state index is 11.8. The van der Waals surface area contributed by atoms with Gasteiger partial charge >= 0.3 is 11.8 Å². The predicted molar refractivity (Wildman–Crippen MR) is 92.0 cm³/mol. The lowest BCUT2D eigenvalue weighted by Crippen LogP contribution is -2.32. The zero-order valence-corrected chi connectivity index (χ0v) is 13.7. The average molecular weight is 350 g/mol. The van der Waals surface area contributed by atoms with Gasteiger partial charge in [-0.1, -0.05) is 53.5 Å². The fraction of sp³-hybridized carbons (Fsp3) is 0.0625. The summed E-state index contributed by atoms with van der Waals surface area (Å²) >= 11 is 11.8. The van der Waals surface area contributed by atoms with Gasteiger partial charge in [-0.3, -0.25) is 9.59 Å². The first-order chi connectivity index (χ1) is 11.0. The van der Waals surface area contributed by atoms with E-state index in [0.717, 1.165) is 11.1 Å². The number of nitrogens with zero attached hydrogens (tertiary/aromatic N) is 1. The van der Waals surface area contributed by atoms with Crippen LogP contribution in [0.15, 0.2) is 47.6 Å². The van der Waals surface area contributed by atoms with Crippen LogP contribution < -0.4 is 10.7 Å². The first-order valence-electron chi connectivity index (χ1n) is 6.63. The molecular formula is C16H13Cl2N3O2. The standard InChI is InChI=1S/C16H13Cl2N3O2/c1-10-5-2-3-6-11(10)9-19-21-16(23)15(22)20-13-8-4-7-12(17)14(13)18/h2-9H,1H3,(H,20,22)(H,21,23)/b19-9-. The van der Waals surface area contributed by atoms with Crippen molar-refractivity contribution in [2.24, 2.45) is 5.10 Å². The second kappa shape index (κ2) is 7.76. The number of hydrogen-bond acceptors (Lipinski definition) is 3. The highest BCUT2D eigenvalue weighted by molar-refractivity contribution is 6.45. The summed E-state index contributed by atoms with van der Waals surface area (Å²) < 4.78 is 0. The monoisotopic (exact) mass is 349 g/mol. The van der Waals surface area contributed by atoms with Crippen molar-refractivity contribution in [2.75, 3.05) is 5.32 Å². The number of rotatable bonds is 3. The minimum atomic E-state index is -0.911. The van der Waals surface area contributed by atoms with Gasteiger partial charge < -0.3 is 5.32 Å². The van der Waals surface area contributed by atoms with Crippen molar-refractivity contribution < 1.29 is 9.59 Å². The predicted octanol–water partition coefficient (Wildman–Crippen LogP) is 3.39. The zero-order chi connectivity index (χ0) is 16.8. The Morgan fingerprint density at radius 3 is 2.52 bits per heavy atom. The number of benzene rings is 2. The summed E-state index contributed by atoms with van der Waals surface area (Å²) in [5.41, 5.74) is 4.25. The van der Waals surface area contributed by atoms with E-state index in [-0.39, 0.29) is 15.7 Å². The SMILES string of the molecule is Cc1ccccc1/C=N\NC(=O)C(=O)Nc1cccc(Cl)c1Cl. The molecule has 7 heteroatoms. The maximum atomic E-state index is 11.8. The Balaban J connectivity index is 1.97. The molecule has 0 aliphatic heterocycles. The van der Waals surface area contributed by atoms with Crippen LogP contribution in [-0.4, -0.2) is 18.0 Å². The van der Waals surface area contributed by atoms with Gasteiger partial charge in [-0.2, -0.15) is 5.10 Å². The number of hydrogen-bond donors (Lipinski definition) is 2. The van der Waals surface area contributed by atoms with Crippen LogP contribution in [0.4, 0.5) is 5.69 Å². The van der Waals surface area contributed by atoms with E-state index >= 15 is 0 Å². The first kappa shape index (κ1) is 17.0. The zero-order valence-electron chi connectivity index (χ0n) is 12.1. The van der Waals surface area contributed by atoms with E-state index in [2.05, 4.69) is 15.8 Å². The van der Waals surface area contributed by atoms with Gasteiger partial charge in [0.25, 0.3) is 0 Å². The average Bonchev–Trinajstić information content (AvgIpc) is 2.53. The van der Waals surface area contributed by atoms with Crippen LogP contribution in [0.25, 0.3) is 0 Å². The Labute approximate surface area is 143 Å². The second-order valence-corrected chi connectivity index (χ2v) is 5.40. The van der Waals surface area contributed by atoms with E-state index in [0.29, 0.717) is 0 Å². The summed E-state index contributed by atoms with van der Waals surface area (Å²) in [7, 11) is 0. The molecule has 23 heavy (non-hydrogen) atoms. The molecule has 0 aliphatic rings. The van der Waals surface area contributed by atoms with Crippen molar-refractivity contribution in [3.05, 3.63) is 63.6 Å². The highest BCUT2D eigenvalue weighted by Gasteiger charge is 2.15. The van der Waals surface area contributed by atoms with Crippen LogP contribution in [0.2, 0.25) is 10.0 Å². The van der Waals surface area contributed by atoms with Gasteiger partial charge in [-0.15, -0.1) is 0 Å². The molecule has 2 rings (SSSR count). The normalized spacial score (nSPS) is 10.6. The van der Waals surface area contributed by atoms with E-state index in [1.54, 1.807) is 12.1 Å². The Morgan fingerprint density at radius 1 is 1.04 bits per heavy atom. The molecule has 0 unspecified atom stereocenters. The molecule has 0 bridgehead atoms. The molecule has 2 amide bonds. The quantitative estimate of drug-likeness (QED) is 0.506. The largest absolute Gasteiger partial charge is 0.329 e. The molecule has 0 saturated carbocycles. The van der Waals surface area contributed by atoms with E-state index in [9.17, 15) is 9.59 Å². The fourth-order valence-corrected chi connectivity index (χ4v) is 2.07. The summed E-state index contributed by atoms with van der Waals surface area (Å²) in [6, 6.07) is 12.2. The third-order valence-electron chi connectivity index (χ3n) is 2.96. The first-order valence-corrected chi connectivity index (χ1v) is 7.38. The number of aryl methyl sites for hydroxylation is 1. The van der Waals surface area contributed by atoms with Gasteiger partial charge in [0.15, 0.2) is 0 Å². The van der Waals surface area contributed by atoms with Crippen LogP contribution in [0.3, 0.4) is 0 Å². The molecule has 118 valence electrons. The highest BCUT2D eigenvalue weighted by atomic mass is 35.5. The van der Waals surface area contributed by atoms with Crippen molar-refractivity contribution in [3.8, 4) is 0 Å². The lowest BCUT2D eigenvalue weighted by Gasteiger charge is -2.07. The third kappa shape index (κ3) is 4.55. The van der Waals surface area contributed by atoms with E-state index < -0.39 is 11.8 Å². The van der Waals surface area contributed by atoms with Gasteiger partial charge in [-0.25, -0.2) is 5.43 Å². The molecule has 0 fully saturated rings. The van der Waals surface area contributed by atoms with Crippen LogP contribution in [0.1, 0.15) is 11.1 Å². The lowest BCUT2D eigenvalue weighted by molar-refractivity contribution is -0.136. The maximum Gasteiger partial charge on any atom is 0.329 e. The molecule has 0 spiro atoms. The molecular weight excluding hydrogens is 337 g/mol. The van der Waals surface area contributed by atoms with Gasteiger partial charge in [0.05, 0.1) is 21.9 Å². The number of anilines is 1. The summed E-state index contributed by atoms with van der Waals surface area (Å²) in [5.74, 6) is -1.80. The third-order valence-corrected chi connectivity index (χ3v) is 3.78. The van der Waals surface area contributed by atoms with E-state index in [1.807, 2.05) is 31.2 Å². The van der Waals surface area contributed by atoms with Crippen molar-refractivity contribution in [2.45, 2.75) is 6.92 Å². The molecule has 2 aromatic rings. The van der Waals surface area contributed by atoms with Crippen molar-refractivity contribution in [3.63, 3.8) is 0 Å². The van der Waals surface area contributed by atoms with Gasteiger partial charge in [0.1, 0.15) is 0 Å². The number of amides is 2. The summed E-state index contributed by atoms with van der Waals surface area (Å²) in [5, 5.41) is 6.58. The Hall–Kier alpha value is -2.37. The number of carbonyl (C=O) groups excluding carboxylic acids is 2. The van der Waals surface area contributed by atoms with Crippen LogP contribution in [0, 0.1) is 6.92 Å². The second-order valence-electron chi connectivity index (χ2n) is 4.61. The highest BCUT2D eigenvalue weighted by Crippen LogP contribution is 2.29. The van der Waals surface area contributed by atoms with Gasteiger partial charge in [0, 0.05) is 0 Å². The molecule has 0 aliphatic carbocycles.